The number of rotatable bonds is 3. The molecule has 0 aliphatic carbocycles. The Balaban J connectivity index is 1.75. The second-order valence-electron chi connectivity index (χ2n) is 4.19. The van der Waals surface area contributed by atoms with Crippen molar-refractivity contribution in [2.75, 3.05) is 19.6 Å². The molecule has 1 unspecified atom stereocenters. The minimum absolute atomic E-state index is 0.0266. The summed E-state index contributed by atoms with van der Waals surface area (Å²) in [5.74, 6) is -0.0912. The number of hydrogen-bond acceptors (Lipinski definition) is 3. The molecule has 0 aromatic rings. The Labute approximate surface area is 94.7 Å². The maximum Gasteiger partial charge on any atom is 0.242 e. The molecule has 5 heteroatoms. The van der Waals surface area contributed by atoms with Gasteiger partial charge in [0.05, 0.1) is 0 Å². The van der Waals surface area contributed by atoms with Crippen LogP contribution in [0.1, 0.15) is 19.3 Å². The maximum atomic E-state index is 11.7. The molecule has 88 valence electrons. The Morgan fingerprint density at radius 1 is 1.50 bits per heavy atom. The molecule has 2 heterocycles. The summed E-state index contributed by atoms with van der Waals surface area (Å²) in [5.41, 5.74) is 1.26. The molecule has 0 bridgehead atoms. The maximum absolute atomic E-state index is 11.7. The van der Waals surface area contributed by atoms with E-state index in [9.17, 15) is 9.59 Å². The Morgan fingerprint density at radius 3 is 3.00 bits per heavy atom. The molecule has 0 aromatic carbocycles. The number of carbonyl (C=O) groups excluding carboxylic acids is 2. The van der Waals surface area contributed by atoms with Crippen LogP contribution in [0.15, 0.2) is 11.6 Å². The fraction of sp³-hybridized carbons (Fsp3) is 0.636. The second-order valence-corrected chi connectivity index (χ2v) is 4.19. The molecular formula is C11H17N3O2. The van der Waals surface area contributed by atoms with Crippen LogP contribution in [0.4, 0.5) is 0 Å². The lowest BCUT2D eigenvalue weighted by Crippen LogP contribution is -2.42. The third-order valence-electron chi connectivity index (χ3n) is 2.96. The van der Waals surface area contributed by atoms with Gasteiger partial charge >= 0.3 is 0 Å². The van der Waals surface area contributed by atoms with Gasteiger partial charge < -0.3 is 16.0 Å². The van der Waals surface area contributed by atoms with Crippen molar-refractivity contribution in [2.24, 2.45) is 0 Å². The third-order valence-corrected chi connectivity index (χ3v) is 2.96. The van der Waals surface area contributed by atoms with Crippen molar-refractivity contribution in [3.63, 3.8) is 0 Å². The Bertz CT molecular complexity index is 325. The second kappa shape index (κ2) is 5.12. The molecule has 16 heavy (non-hydrogen) atoms. The Kier molecular flexibility index (Phi) is 3.56. The first-order valence-electron chi connectivity index (χ1n) is 5.71. The quantitative estimate of drug-likeness (QED) is 0.554. The van der Waals surface area contributed by atoms with Crippen LogP contribution in [0.5, 0.6) is 0 Å². The molecule has 1 atom stereocenters. The van der Waals surface area contributed by atoms with Gasteiger partial charge in [-0.1, -0.05) is 11.6 Å². The van der Waals surface area contributed by atoms with Crippen LogP contribution in [-0.2, 0) is 9.59 Å². The summed E-state index contributed by atoms with van der Waals surface area (Å²) in [5, 5.41) is 8.74. The minimum Gasteiger partial charge on any atom is -0.351 e. The van der Waals surface area contributed by atoms with Crippen molar-refractivity contribution in [2.45, 2.75) is 25.3 Å². The number of nitrogens with one attached hydrogen (secondary N) is 3. The van der Waals surface area contributed by atoms with Gasteiger partial charge in [-0.3, -0.25) is 9.59 Å². The molecule has 1 saturated heterocycles. The molecular weight excluding hydrogens is 206 g/mol. The summed E-state index contributed by atoms with van der Waals surface area (Å²) in [6.45, 7) is 2.46. The van der Waals surface area contributed by atoms with Crippen LogP contribution in [0.2, 0.25) is 0 Å². The van der Waals surface area contributed by atoms with Gasteiger partial charge in [-0.05, 0) is 19.4 Å². The van der Waals surface area contributed by atoms with E-state index in [-0.39, 0.29) is 17.9 Å². The smallest absolute Gasteiger partial charge is 0.242 e. The predicted molar refractivity (Wildman–Crippen MR) is 59.7 cm³/mol. The predicted octanol–water partition coefficient (Wildman–Crippen LogP) is -0.699. The SMILES string of the molecule is O=C1CCC(C(=O)NCC2=CCNCC2)N1. The monoisotopic (exact) mass is 223 g/mol. The summed E-state index contributed by atoms with van der Waals surface area (Å²) in [6.07, 6.45) is 4.17. The minimum atomic E-state index is -0.324. The van der Waals surface area contributed by atoms with E-state index >= 15 is 0 Å². The molecule has 5 nitrogen and oxygen atoms in total. The number of hydrogen-bond donors (Lipinski definition) is 3. The summed E-state index contributed by atoms with van der Waals surface area (Å²) in [7, 11) is 0. The van der Waals surface area contributed by atoms with E-state index in [4.69, 9.17) is 0 Å². The van der Waals surface area contributed by atoms with E-state index in [1.165, 1.54) is 5.57 Å². The average molecular weight is 223 g/mol. The third kappa shape index (κ3) is 2.82. The van der Waals surface area contributed by atoms with Crippen molar-refractivity contribution >= 4 is 11.8 Å². The zero-order valence-corrected chi connectivity index (χ0v) is 9.21. The van der Waals surface area contributed by atoms with Crippen molar-refractivity contribution in [1.29, 1.82) is 0 Å². The summed E-state index contributed by atoms with van der Waals surface area (Å²) in [6, 6.07) is -0.324. The molecule has 0 aromatic heterocycles. The van der Waals surface area contributed by atoms with Gasteiger partial charge in [0, 0.05) is 19.5 Å². The molecule has 0 radical (unpaired) electrons. The molecule has 2 rings (SSSR count). The van der Waals surface area contributed by atoms with Crippen LogP contribution < -0.4 is 16.0 Å². The van der Waals surface area contributed by atoms with E-state index in [1.807, 2.05) is 0 Å². The first-order valence-corrected chi connectivity index (χ1v) is 5.71. The van der Waals surface area contributed by atoms with Crippen LogP contribution in [0.3, 0.4) is 0 Å². The lowest BCUT2D eigenvalue weighted by Gasteiger charge is -2.16. The van der Waals surface area contributed by atoms with E-state index in [0.29, 0.717) is 19.4 Å². The normalized spacial score (nSPS) is 24.9. The highest BCUT2D eigenvalue weighted by Gasteiger charge is 2.26. The van der Waals surface area contributed by atoms with E-state index in [1.54, 1.807) is 0 Å². The van der Waals surface area contributed by atoms with Crippen LogP contribution in [0, 0.1) is 0 Å². The van der Waals surface area contributed by atoms with E-state index < -0.39 is 0 Å². The molecule has 0 spiro atoms. The van der Waals surface area contributed by atoms with Crippen molar-refractivity contribution in [1.82, 2.24) is 16.0 Å². The van der Waals surface area contributed by atoms with E-state index in [0.717, 1.165) is 19.5 Å². The lowest BCUT2D eigenvalue weighted by atomic mass is 10.1. The highest BCUT2D eigenvalue weighted by Crippen LogP contribution is 2.07. The highest BCUT2D eigenvalue weighted by molar-refractivity contribution is 5.90. The number of amides is 2. The molecule has 0 saturated carbocycles. The van der Waals surface area contributed by atoms with Gasteiger partial charge in [0.1, 0.15) is 6.04 Å². The Morgan fingerprint density at radius 2 is 2.38 bits per heavy atom. The van der Waals surface area contributed by atoms with Crippen LogP contribution in [0.25, 0.3) is 0 Å². The Hall–Kier alpha value is -1.36. The molecule has 2 amide bonds. The largest absolute Gasteiger partial charge is 0.351 e. The van der Waals surface area contributed by atoms with Crippen molar-refractivity contribution in [3.8, 4) is 0 Å². The average Bonchev–Trinajstić information content (AvgIpc) is 2.74. The molecule has 2 aliphatic heterocycles. The summed E-state index contributed by atoms with van der Waals surface area (Å²) < 4.78 is 0. The molecule has 1 fully saturated rings. The van der Waals surface area contributed by atoms with Gasteiger partial charge in [0.15, 0.2) is 0 Å². The summed E-state index contributed by atoms with van der Waals surface area (Å²) in [4.78, 5) is 22.6. The fourth-order valence-corrected chi connectivity index (χ4v) is 1.96. The van der Waals surface area contributed by atoms with Gasteiger partial charge in [0.2, 0.25) is 11.8 Å². The van der Waals surface area contributed by atoms with Gasteiger partial charge in [-0.25, -0.2) is 0 Å². The van der Waals surface area contributed by atoms with Gasteiger partial charge in [0.25, 0.3) is 0 Å². The zero-order chi connectivity index (χ0) is 11.4. The topological polar surface area (TPSA) is 70.2 Å². The first-order chi connectivity index (χ1) is 7.75. The molecule has 3 N–H and O–H groups in total. The zero-order valence-electron chi connectivity index (χ0n) is 9.21. The van der Waals surface area contributed by atoms with Gasteiger partial charge in [-0.2, -0.15) is 0 Å². The van der Waals surface area contributed by atoms with Crippen LogP contribution in [-0.4, -0.2) is 37.5 Å². The summed E-state index contributed by atoms with van der Waals surface area (Å²) >= 11 is 0. The van der Waals surface area contributed by atoms with Gasteiger partial charge in [-0.15, -0.1) is 0 Å². The fourth-order valence-electron chi connectivity index (χ4n) is 1.96. The standard InChI is InChI=1S/C11H17N3O2/c15-10-2-1-9(14-10)11(16)13-7-8-3-5-12-6-4-8/h3,9,12H,1-2,4-7H2,(H,13,16)(H,14,15). The molecule has 2 aliphatic rings. The van der Waals surface area contributed by atoms with Crippen LogP contribution >= 0.6 is 0 Å². The van der Waals surface area contributed by atoms with Crippen molar-refractivity contribution < 1.29 is 9.59 Å². The highest BCUT2D eigenvalue weighted by atomic mass is 16.2. The number of carbonyl (C=O) groups is 2. The lowest BCUT2D eigenvalue weighted by molar-refractivity contribution is -0.125. The van der Waals surface area contributed by atoms with E-state index in [2.05, 4.69) is 22.0 Å². The first kappa shape index (κ1) is 11.1. The van der Waals surface area contributed by atoms with Crippen molar-refractivity contribution in [3.05, 3.63) is 11.6 Å².